The summed E-state index contributed by atoms with van der Waals surface area (Å²) >= 11 is 0. The number of halogens is 2. The van der Waals surface area contributed by atoms with Gasteiger partial charge in [0.2, 0.25) is 0 Å². The first-order chi connectivity index (χ1) is 9.16. The fourth-order valence-corrected chi connectivity index (χ4v) is 2.39. The molecule has 1 aliphatic heterocycles. The van der Waals surface area contributed by atoms with Crippen molar-refractivity contribution in [3.63, 3.8) is 0 Å². The molecule has 1 aromatic rings. The first-order valence-corrected chi connectivity index (χ1v) is 6.64. The van der Waals surface area contributed by atoms with Crippen LogP contribution in [0.25, 0.3) is 0 Å². The molecule has 1 fully saturated rings. The Bertz CT molecular complexity index is 392. The van der Waals surface area contributed by atoms with E-state index in [0.717, 1.165) is 12.4 Å². The maximum absolute atomic E-state index is 13.2. The predicted molar refractivity (Wildman–Crippen MR) is 70.1 cm³/mol. The number of carbonyl (C=O) groups excluding carboxylic acids is 1. The highest BCUT2D eigenvalue weighted by Crippen LogP contribution is 2.37. The van der Waals surface area contributed by atoms with E-state index in [0.29, 0.717) is 31.6 Å². The maximum Gasteiger partial charge on any atom is 0.126 e. The van der Waals surface area contributed by atoms with Crippen molar-refractivity contribution in [2.24, 2.45) is 0 Å². The lowest BCUT2D eigenvalue weighted by Gasteiger charge is -2.36. The molecule has 0 atom stereocenters. The molecule has 0 unspecified atom stereocenters. The minimum absolute atomic E-state index is 0.277. The third-order valence-corrected chi connectivity index (χ3v) is 3.40. The SMILES string of the molecule is CC.O=CCC1(c2cc(F)cc(F)c2)CCOCC1. The van der Waals surface area contributed by atoms with Crippen LogP contribution in [0.2, 0.25) is 0 Å². The maximum atomic E-state index is 13.2. The normalized spacial score (nSPS) is 17.3. The Morgan fingerprint density at radius 1 is 1.16 bits per heavy atom. The zero-order valence-corrected chi connectivity index (χ0v) is 11.4. The molecule has 0 saturated carbocycles. The van der Waals surface area contributed by atoms with Crippen LogP contribution in [0.15, 0.2) is 18.2 Å². The van der Waals surface area contributed by atoms with Gasteiger partial charge in [0.05, 0.1) is 0 Å². The molecular formula is C15H20F2O2. The largest absolute Gasteiger partial charge is 0.381 e. The Hall–Kier alpha value is -1.29. The summed E-state index contributed by atoms with van der Waals surface area (Å²) in [6.45, 7) is 5.04. The molecule has 106 valence electrons. The van der Waals surface area contributed by atoms with Gasteiger partial charge in [0.1, 0.15) is 17.9 Å². The van der Waals surface area contributed by atoms with Gasteiger partial charge in [-0.25, -0.2) is 8.78 Å². The summed E-state index contributed by atoms with van der Waals surface area (Å²) < 4.78 is 31.7. The molecule has 19 heavy (non-hydrogen) atoms. The third kappa shape index (κ3) is 3.83. The molecule has 0 N–H and O–H groups in total. The van der Waals surface area contributed by atoms with Crippen LogP contribution in [0.4, 0.5) is 8.78 Å². The molecule has 1 saturated heterocycles. The van der Waals surface area contributed by atoms with Gasteiger partial charge < -0.3 is 9.53 Å². The molecule has 0 aromatic heterocycles. The highest BCUT2D eigenvalue weighted by atomic mass is 19.1. The highest BCUT2D eigenvalue weighted by molar-refractivity contribution is 5.54. The van der Waals surface area contributed by atoms with E-state index in [-0.39, 0.29) is 6.42 Å². The number of ether oxygens (including phenoxy) is 1. The van der Waals surface area contributed by atoms with E-state index in [9.17, 15) is 13.6 Å². The van der Waals surface area contributed by atoms with Gasteiger partial charge in [0, 0.05) is 31.1 Å². The van der Waals surface area contributed by atoms with Crippen molar-refractivity contribution < 1.29 is 18.3 Å². The van der Waals surface area contributed by atoms with E-state index < -0.39 is 17.0 Å². The van der Waals surface area contributed by atoms with Gasteiger partial charge in [-0.3, -0.25) is 0 Å². The third-order valence-electron chi connectivity index (χ3n) is 3.40. The number of aldehydes is 1. The average Bonchev–Trinajstić information content (AvgIpc) is 2.41. The first kappa shape index (κ1) is 15.8. The van der Waals surface area contributed by atoms with Gasteiger partial charge in [-0.2, -0.15) is 0 Å². The summed E-state index contributed by atoms with van der Waals surface area (Å²) in [6.07, 6.45) is 2.33. The van der Waals surface area contributed by atoms with E-state index >= 15 is 0 Å². The minimum atomic E-state index is -0.600. The van der Waals surface area contributed by atoms with Gasteiger partial charge in [0.25, 0.3) is 0 Å². The van der Waals surface area contributed by atoms with Crippen molar-refractivity contribution in [1.29, 1.82) is 0 Å². The Kier molecular flexibility index (Phi) is 6.09. The predicted octanol–water partition coefficient (Wildman–Crippen LogP) is 3.63. The van der Waals surface area contributed by atoms with Crippen LogP contribution in [0.3, 0.4) is 0 Å². The standard InChI is InChI=1S/C13H14F2O2.C2H6/c14-11-7-10(8-12(15)9-11)13(1-4-16)2-5-17-6-3-13;1-2/h4,7-9H,1-3,5-6H2;1-2H3. The summed E-state index contributed by atoms with van der Waals surface area (Å²) in [4.78, 5) is 10.8. The van der Waals surface area contributed by atoms with Crippen molar-refractivity contribution in [1.82, 2.24) is 0 Å². The molecule has 1 aromatic carbocycles. The van der Waals surface area contributed by atoms with Crippen molar-refractivity contribution in [3.05, 3.63) is 35.4 Å². The molecule has 2 nitrogen and oxygen atoms in total. The lowest BCUT2D eigenvalue weighted by atomic mass is 9.72. The van der Waals surface area contributed by atoms with E-state index in [4.69, 9.17) is 4.74 Å². The summed E-state index contributed by atoms with van der Waals surface area (Å²) in [5.41, 5.74) is 0.0913. The number of benzene rings is 1. The second-order valence-corrected chi connectivity index (χ2v) is 4.42. The molecule has 1 aliphatic rings. The van der Waals surface area contributed by atoms with Gasteiger partial charge >= 0.3 is 0 Å². The van der Waals surface area contributed by atoms with Crippen LogP contribution >= 0.6 is 0 Å². The molecule has 0 radical (unpaired) electrons. The summed E-state index contributed by atoms with van der Waals surface area (Å²) in [5.74, 6) is -1.20. The monoisotopic (exact) mass is 270 g/mol. The topological polar surface area (TPSA) is 26.3 Å². The molecule has 0 amide bonds. The molecule has 0 aliphatic carbocycles. The fraction of sp³-hybridized carbons (Fsp3) is 0.533. The summed E-state index contributed by atoms with van der Waals surface area (Å²) in [5, 5.41) is 0. The van der Waals surface area contributed by atoms with Crippen molar-refractivity contribution >= 4 is 6.29 Å². The Labute approximate surface area is 112 Å². The highest BCUT2D eigenvalue weighted by Gasteiger charge is 2.34. The fourth-order valence-electron chi connectivity index (χ4n) is 2.39. The van der Waals surface area contributed by atoms with E-state index in [1.807, 2.05) is 13.8 Å². The van der Waals surface area contributed by atoms with Crippen LogP contribution in [-0.4, -0.2) is 19.5 Å². The van der Waals surface area contributed by atoms with Gasteiger partial charge in [-0.05, 0) is 30.5 Å². The smallest absolute Gasteiger partial charge is 0.126 e. The number of carbonyl (C=O) groups is 1. The molecule has 0 spiro atoms. The number of rotatable bonds is 3. The quantitative estimate of drug-likeness (QED) is 0.784. The van der Waals surface area contributed by atoms with Crippen molar-refractivity contribution in [2.45, 2.75) is 38.5 Å². The molecule has 2 rings (SSSR count). The van der Waals surface area contributed by atoms with Crippen molar-refractivity contribution in [3.8, 4) is 0 Å². The number of hydrogen-bond acceptors (Lipinski definition) is 2. The average molecular weight is 270 g/mol. The second-order valence-electron chi connectivity index (χ2n) is 4.42. The Balaban J connectivity index is 0.000000861. The summed E-state index contributed by atoms with van der Waals surface area (Å²) in [6, 6.07) is 3.48. The van der Waals surface area contributed by atoms with Gasteiger partial charge in [-0.15, -0.1) is 0 Å². The second kappa shape index (κ2) is 7.34. The first-order valence-electron chi connectivity index (χ1n) is 6.64. The minimum Gasteiger partial charge on any atom is -0.381 e. The van der Waals surface area contributed by atoms with E-state index in [1.165, 1.54) is 12.1 Å². The van der Waals surface area contributed by atoms with Crippen LogP contribution in [0.5, 0.6) is 0 Å². The molecular weight excluding hydrogens is 250 g/mol. The van der Waals surface area contributed by atoms with Crippen LogP contribution < -0.4 is 0 Å². The lowest BCUT2D eigenvalue weighted by molar-refractivity contribution is -0.109. The van der Waals surface area contributed by atoms with Gasteiger partial charge in [-0.1, -0.05) is 13.8 Å². The van der Waals surface area contributed by atoms with Gasteiger partial charge in [0.15, 0.2) is 0 Å². The van der Waals surface area contributed by atoms with Crippen LogP contribution in [0.1, 0.15) is 38.7 Å². The zero-order chi connectivity index (χ0) is 14.3. The Morgan fingerprint density at radius 3 is 2.16 bits per heavy atom. The molecule has 4 heteroatoms. The molecule has 1 heterocycles. The van der Waals surface area contributed by atoms with Crippen LogP contribution in [0, 0.1) is 11.6 Å². The van der Waals surface area contributed by atoms with E-state index in [1.54, 1.807) is 0 Å². The number of hydrogen-bond donors (Lipinski definition) is 0. The van der Waals surface area contributed by atoms with Crippen LogP contribution in [-0.2, 0) is 14.9 Å². The summed E-state index contributed by atoms with van der Waals surface area (Å²) in [7, 11) is 0. The zero-order valence-electron chi connectivity index (χ0n) is 11.4. The van der Waals surface area contributed by atoms with Crippen molar-refractivity contribution in [2.75, 3.05) is 13.2 Å². The van der Waals surface area contributed by atoms with E-state index in [2.05, 4.69) is 0 Å². The lowest BCUT2D eigenvalue weighted by Crippen LogP contribution is -2.34. The Morgan fingerprint density at radius 2 is 1.68 bits per heavy atom. The molecule has 0 bridgehead atoms.